The standard InChI is InChI=1S/C16H16ClF3N4O2/c1-26-6-2-5-21-15(25)13-8-23-14(9-22-13)24-12-7-10(16(18,19)20)3-4-11(12)17/h3-4,7-9H,2,5-6H2,1H3,(H,21,25)(H,23,24). The van der Waals surface area contributed by atoms with Crippen molar-refractivity contribution >= 4 is 29.0 Å². The minimum absolute atomic E-state index is 0.0348. The van der Waals surface area contributed by atoms with Crippen LogP contribution >= 0.6 is 11.6 Å². The third-order valence-electron chi connectivity index (χ3n) is 3.25. The molecular formula is C16H16ClF3N4O2. The topological polar surface area (TPSA) is 76.1 Å². The number of hydrogen-bond acceptors (Lipinski definition) is 5. The van der Waals surface area contributed by atoms with E-state index >= 15 is 0 Å². The fourth-order valence-corrected chi connectivity index (χ4v) is 2.12. The molecule has 6 nitrogen and oxygen atoms in total. The van der Waals surface area contributed by atoms with E-state index in [0.717, 1.165) is 18.2 Å². The fraction of sp³-hybridized carbons (Fsp3) is 0.312. The molecule has 1 aromatic heterocycles. The normalized spacial score (nSPS) is 11.3. The molecule has 1 aromatic carbocycles. The third-order valence-corrected chi connectivity index (χ3v) is 3.58. The van der Waals surface area contributed by atoms with E-state index in [2.05, 4.69) is 20.6 Å². The average molecular weight is 389 g/mol. The Labute approximate surface area is 152 Å². The van der Waals surface area contributed by atoms with Gasteiger partial charge in [-0.3, -0.25) is 4.79 Å². The van der Waals surface area contributed by atoms with Crippen LogP contribution in [0.25, 0.3) is 0 Å². The number of hydrogen-bond donors (Lipinski definition) is 2. The number of alkyl halides is 3. The molecular weight excluding hydrogens is 373 g/mol. The van der Waals surface area contributed by atoms with Gasteiger partial charge in [-0.1, -0.05) is 11.6 Å². The van der Waals surface area contributed by atoms with Gasteiger partial charge in [0.15, 0.2) is 0 Å². The van der Waals surface area contributed by atoms with Crippen molar-refractivity contribution in [2.75, 3.05) is 25.6 Å². The number of ether oxygens (including phenoxy) is 1. The summed E-state index contributed by atoms with van der Waals surface area (Å²) < 4.78 is 43.2. The monoisotopic (exact) mass is 388 g/mol. The highest BCUT2D eigenvalue weighted by Gasteiger charge is 2.31. The molecule has 1 heterocycles. The first-order valence-corrected chi connectivity index (χ1v) is 7.92. The summed E-state index contributed by atoms with van der Waals surface area (Å²) in [5.74, 6) is -0.251. The Morgan fingerprint density at radius 2 is 2.04 bits per heavy atom. The zero-order valence-corrected chi connectivity index (χ0v) is 14.5. The molecule has 0 unspecified atom stereocenters. The second-order valence-corrected chi connectivity index (χ2v) is 5.61. The van der Waals surface area contributed by atoms with Gasteiger partial charge in [-0.25, -0.2) is 9.97 Å². The summed E-state index contributed by atoms with van der Waals surface area (Å²) in [7, 11) is 1.57. The Morgan fingerprint density at radius 1 is 1.27 bits per heavy atom. The van der Waals surface area contributed by atoms with Crippen molar-refractivity contribution in [1.82, 2.24) is 15.3 Å². The summed E-state index contributed by atoms with van der Waals surface area (Å²) >= 11 is 5.91. The van der Waals surface area contributed by atoms with Gasteiger partial charge in [0, 0.05) is 20.3 Å². The molecule has 0 spiro atoms. The SMILES string of the molecule is COCCCNC(=O)c1cnc(Nc2cc(C(F)(F)F)ccc2Cl)cn1. The van der Waals surface area contributed by atoms with Crippen molar-refractivity contribution in [3.63, 3.8) is 0 Å². The lowest BCUT2D eigenvalue weighted by molar-refractivity contribution is -0.137. The largest absolute Gasteiger partial charge is 0.416 e. The molecule has 26 heavy (non-hydrogen) atoms. The molecule has 0 aliphatic rings. The van der Waals surface area contributed by atoms with E-state index in [1.54, 1.807) is 7.11 Å². The smallest absolute Gasteiger partial charge is 0.385 e. The van der Waals surface area contributed by atoms with Crippen molar-refractivity contribution in [2.45, 2.75) is 12.6 Å². The van der Waals surface area contributed by atoms with E-state index < -0.39 is 17.6 Å². The zero-order chi connectivity index (χ0) is 19.2. The van der Waals surface area contributed by atoms with E-state index in [-0.39, 0.29) is 22.2 Å². The number of nitrogens with zero attached hydrogens (tertiary/aromatic N) is 2. The van der Waals surface area contributed by atoms with Crippen LogP contribution in [-0.2, 0) is 10.9 Å². The Bertz CT molecular complexity index is 754. The van der Waals surface area contributed by atoms with E-state index in [1.807, 2.05) is 0 Å². The van der Waals surface area contributed by atoms with Crippen LogP contribution < -0.4 is 10.6 Å². The maximum absolute atomic E-state index is 12.8. The van der Waals surface area contributed by atoms with Crippen LogP contribution in [0.5, 0.6) is 0 Å². The Balaban J connectivity index is 2.04. The predicted octanol–water partition coefficient (Wildman–Crippen LogP) is 3.66. The first-order valence-electron chi connectivity index (χ1n) is 7.54. The molecule has 140 valence electrons. The maximum atomic E-state index is 12.8. The highest BCUT2D eigenvalue weighted by atomic mass is 35.5. The summed E-state index contributed by atoms with van der Waals surface area (Å²) in [6, 6.07) is 2.90. The second-order valence-electron chi connectivity index (χ2n) is 5.21. The van der Waals surface area contributed by atoms with Crippen LogP contribution in [0.1, 0.15) is 22.5 Å². The van der Waals surface area contributed by atoms with Gasteiger partial charge in [-0.2, -0.15) is 13.2 Å². The van der Waals surface area contributed by atoms with E-state index in [9.17, 15) is 18.0 Å². The summed E-state index contributed by atoms with van der Waals surface area (Å²) in [5.41, 5.74) is -0.722. The molecule has 2 rings (SSSR count). The number of aromatic nitrogens is 2. The first-order chi connectivity index (χ1) is 12.3. The third kappa shape index (κ3) is 5.57. The van der Waals surface area contributed by atoms with E-state index in [1.165, 1.54) is 12.4 Å². The van der Waals surface area contributed by atoms with Gasteiger partial charge in [0.05, 0.1) is 28.7 Å². The Hall–Kier alpha value is -2.39. The molecule has 1 amide bonds. The van der Waals surface area contributed by atoms with Gasteiger partial charge in [-0.15, -0.1) is 0 Å². The van der Waals surface area contributed by atoms with Gasteiger partial charge >= 0.3 is 6.18 Å². The predicted molar refractivity (Wildman–Crippen MR) is 90.6 cm³/mol. The number of halogens is 4. The van der Waals surface area contributed by atoms with Crippen molar-refractivity contribution in [2.24, 2.45) is 0 Å². The molecule has 0 atom stereocenters. The second kappa shape index (κ2) is 8.81. The van der Waals surface area contributed by atoms with Crippen molar-refractivity contribution in [1.29, 1.82) is 0 Å². The lowest BCUT2D eigenvalue weighted by atomic mass is 10.2. The molecule has 0 radical (unpaired) electrons. The first kappa shape index (κ1) is 19.9. The highest BCUT2D eigenvalue weighted by molar-refractivity contribution is 6.33. The lowest BCUT2D eigenvalue weighted by Crippen LogP contribution is -2.26. The number of amides is 1. The van der Waals surface area contributed by atoms with Crippen molar-refractivity contribution in [3.05, 3.63) is 46.9 Å². The van der Waals surface area contributed by atoms with Gasteiger partial charge in [0.2, 0.25) is 0 Å². The fourth-order valence-electron chi connectivity index (χ4n) is 1.95. The molecule has 10 heteroatoms. The highest BCUT2D eigenvalue weighted by Crippen LogP contribution is 2.34. The molecule has 0 bridgehead atoms. The number of nitrogens with one attached hydrogen (secondary N) is 2. The molecule has 2 N–H and O–H groups in total. The van der Waals surface area contributed by atoms with Gasteiger partial charge < -0.3 is 15.4 Å². The van der Waals surface area contributed by atoms with Crippen LogP contribution in [0.4, 0.5) is 24.7 Å². The number of methoxy groups -OCH3 is 1. The van der Waals surface area contributed by atoms with E-state index in [0.29, 0.717) is 19.6 Å². The van der Waals surface area contributed by atoms with Crippen LogP contribution in [0.2, 0.25) is 5.02 Å². The lowest BCUT2D eigenvalue weighted by Gasteiger charge is -2.12. The summed E-state index contributed by atoms with van der Waals surface area (Å²) in [5, 5.41) is 5.40. The summed E-state index contributed by atoms with van der Waals surface area (Å²) in [6.45, 7) is 0.945. The molecule has 0 saturated heterocycles. The number of carbonyl (C=O) groups excluding carboxylic acids is 1. The minimum atomic E-state index is -4.49. The molecule has 0 aliphatic heterocycles. The van der Waals surface area contributed by atoms with Crippen molar-refractivity contribution < 1.29 is 22.7 Å². The van der Waals surface area contributed by atoms with Gasteiger partial charge in [0.25, 0.3) is 5.91 Å². The maximum Gasteiger partial charge on any atom is 0.416 e. The molecule has 0 saturated carbocycles. The van der Waals surface area contributed by atoms with E-state index in [4.69, 9.17) is 16.3 Å². The number of rotatable bonds is 7. The van der Waals surface area contributed by atoms with Crippen LogP contribution in [0.15, 0.2) is 30.6 Å². The van der Waals surface area contributed by atoms with Crippen LogP contribution in [0, 0.1) is 0 Å². The summed E-state index contributed by atoms with van der Waals surface area (Å²) in [6.07, 6.45) is -1.38. The molecule has 2 aromatic rings. The molecule has 0 aliphatic carbocycles. The average Bonchev–Trinajstić information content (AvgIpc) is 2.60. The Morgan fingerprint density at radius 3 is 2.65 bits per heavy atom. The molecule has 0 fully saturated rings. The summed E-state index contributed by atoms with van der Waals surface area (Å²) in [4.78, 5) is 19.8. The van der Waals surface area contributed by atoms with Gasteiger partial charge in [0.1, 0.15) is 11.5 Å². The van der Waals surface area contributed by atoms with Gasteiger partial charge in [-0.05, 0) is 24.6 Å². The van der Waals surface area contributed by atoms with Crippen LogP contribution in [0.3, 0.4) is 0 Å². The van der Waals surface area contributed by atoms with Crippen LogP contribution in [-0.4, -0.2) is 36.1 Å². The van der Waals surface area contributed by atoms with Crippen molar-refractivity contribution in [3.8, 4) is 0 Å². The number of carbonyl (C=O) groups is 1. The number of anilines is 2. The zero-order valence-electron chi connectivity index (χ0n) is 13.7. The number of benzene rings is 1. The quantitative estimate of drug-likeness (QED) is 0.708. The minimum Gasteiger partial charge on any atom is -0.385 e. The Kier molecular flexibility index (Phi) is 6.76.